The van der Waals surface area contributed by atoms with Crippen molar-refractivity contribution < 1.29 is 24.2 Å². The predicted molar refractivity (Wildman–Crippen MR) is 71.0 cm³/mol. The Balaban J connectivity index is 3.10. The van der Waals surface area contributed by atoms with E-state index < -0.39 is 40.0 Å². The van der Waals surface area contributed by atoms with Crippen LogP contribution in [0.2, 0.25) is 0 Å². The summed E-state index contributed by atoms with van der Waals surface area (Å²) in [6.07, 6.45) is 0. The van der Waals surface area contributed by atoms with Gasteiger partial charge in [-0.05, 0) is 39.8 Å². The highest BCUT2D eigenvalue weighted by Gasteiger charge is 2.44. The number of phenolic OH excluding ortho intramolecular Hbond substituents is 1. The zero-order chi connectivity index (χ0) is 15.7. The second-order valence-corrected chi connectivity index (χ2v) is 5.64. The van der Waals surface area contributed by atoms with E-state index in [1.807, 2.05) is 0 Å². The summed E-state index contributed by atoms with van der Waals surface area (Å²) in [7, 11) is 0. The summed E-state index contributed by atoms with van der Waals surface area (Å²) < 4.78 is 13.6. The van der Waals surface area contributed by atoms with Crippen molar-refractivity contribution in [2.75, 3.05) is 0 Å². The van der Waals surface area contributed by atoms with E-state index in [2.05, 4.69) is 5.32 Å². The summed E-state index contributed by atoms with van der Waals surface area (Å²) in [6, 6.07) is 3.51. The average molecular weight is 283 g/mol. The SMILES string of the molecule is CC(C)(NC(=O)c1c(O)cccc1F)C(C)(C)C(=O)O. The molecule has 0 aliphatic rings. The number of rotatable bonds is 4. The second-order valence-electron chi connectivity index (χ2n) is 5.64. The van der Waals surface area contributed by atoms with Crippen LogP contribution in [0.25, 0.3) is 0 Å². The molecule has 0 aromatic heterocycles. The molecule has 0 radical (unpaired) electrons. The van der Waals surface area contributed by atoms with E-state index in [-0.39, 0.29) is 0 Å². The van der Waals surface area contributed by atoms with Gasteiger partial charge in [-0.1, -0.05) is 6.07 Å². The van der Waals surface area contributed by atoms with Crippen LogP contribution >= 0.6 is 0 Å². The number of aromatic hydroxyl groups is 1. The predicted octanol–water partition coefficient (Wildman–Crippen LogP) is 2.15. The van der Waals surface area contributed by atoms with Crippen molar-refractivity contribution in [2.45, 2.75) is 33.2 Å². The maximum atomic E-state index is 13.6. The summed E-state index contributed by atoms with van der Waals surface area (Å²) in [5.41, 5.74) is -2.92. The number of carboxylic acids is 1. The molecule has 3 N–H and O–H groups in total. The number of benzene rings is 1. The molecule has 6 heteroatoms. The highest BCUT2D eigenvalue weighted by molar-refractivity contribution is 5.98. The quantitative estimate of drug-likeness (QED) is 0.790. The van der Waals surface area contributed by atoms with Gasteiger partial charge in [-0.25, -0.2) is 4.39 Å². The molecule has 0 bridgehead atoms. The van der Waals surface area contributed by atoms with Gasteiger partial charge < -0.3 is 15.5 Å². The van der Waals surface area contributed by atoms with Crippen LogP contribution in [-0.2, 0) is 4.79 Å². The molecule has 0 heterocycles. The molecular formula is C14H18FNO4. The van der Waals surface area contributed by atoms with Gasteiger partial charge >= 0.3 is 5.97 Å². The van der Waals surface area contributed by atoms with Crippen LogP contribution in [0.5, 0.6) is 5.75 Å². The molecule has 110 valence electrons. The second kappa shape index (κ2) is 5.11. The van der Waals surface area contributed by atoms with E-state index in [0.717, 1.165) is 6.07 Å². The van der Waals surface area contributed by atoms with E-state index in [0.29, 0.717) is 0 Å². The van der Waals surface area contributed by atoms with Crippen LogP contribution in [-0.4, -0.2) is 27.6 Å². The van der Waals surface area contributed by atoms with E-state index in [1.54, 1.807) is 0 Å². The molecule has 0 aliphatic heterocycles. The lowest BCUT2D eigenvalue weighted by molar-refractivity contribution is -0.150. The van der Waals surface area contributed by atoms with Crippen molar-refractivity contribution in [3.8, 4) is 5.75 Å². The van der Waals surface area contributed by atoms with Crippen molar-refractivity contribution in [3.63, 3.8) is 0 Å². The van der Waals surface area contributed by atoms with Crippen molar-refractivity contribution >= 4 is 11.9 Å². The standard InChI is InChI=1S/C14H18FNO4/c1-13(2,12(19)20)14(3,4)16-11(18)10-8(15)6-5-7-9(10)17/h5-7,17H,1-4H3,(H,16,18)(H,19,20). The van der Waals surface area contributed by atoms with Gasteiger partial charge in [0.05, 0.1) is 11.0 Å². The number of hydrogen-bond donors (Lipinski definition) is 3. The number of aliphatic carboxylic acids is 1. The average Bonchev–Trinajstić information content (AvgIpc) is 2.27. The number of carbonyl (C=O) groups is 2. The van der Waals surface area contributed by atoms with Crippen LogP contribution in [0.15, 0.2) is 18.2 Å². The molecule has 0 spiro atoms. The minimum atomic E-state index is -1.27. The lowest BCUT2D eigenvalue weighted by Gasteiger charge is -2.38. The minimum Gasteiger partial charge on any atom is -0.507 e. The van der Waals surface area contributed by atoms with Gasteiger partial charge in [-0.15, -0.1) is 0 Å². The Labute approximate surface area is 116 Å². The van der Waals surface area contributed by atoms with Crippen LogP contribution in [0, 0.1) is 11.2 Å². The normalized spacial score (nSPS) is 12.1. The fraction of sp³-hybridized carbons (Fsp3) is 0.429. The largest absolute Gasteiger partial charge is 0.507 e. The van der Waals surface area contributed by atoms with Gasteiger partial charge in [0.2, 0.25) is 0 Å². The summed E-state index contributed by atoms with van der Waals surface area (Å²) in [6.45, 7) is 5.96. The van der Waals surface area contributed by atoms with Gasteiger partial charge in [0.1, 0.15) is 17.1 Å². The number of amides is 1. The lowest BCUT2D eigenvalue weighted by Crippen LogP contribution is -2.57. The van der Waals surface area contributed by atoms with Crippen molar-refractivity contribution in [1.82, 2.24) is 5.32 Å². The number of hydrogen-bond acceptors (Lipinski definition) is 3. The summed E-state index contributed by atoms with van der Waals surface area (Å²) in [4.78, 5) is 23.3. The molecule has 1 amide bonds. The topological polar surface area (TPSA) is 86.6 Å². The highest BCUT2D eigenvalue weighted by atomic mass is 19.1. The van der Waals surface area contributed by atoms with Crippen molar-refractivity contribution in [3.05, 3.63) is 29.6 Å². The minimum absolute atomic E-state index is 0.494. The zero-order valence-electron chi connectivity index (χ0n) is 11.8. The van der Waals surface area contributed by atoms with E-state index in [9.17, 15) is 24.2 Å². The third-order valence-corrected chi connectivity index (χ3v) is 3.74. The fourth-order valence-corrected chi connectivity index (χ4v) is 1.51. The fourth-order valence-electron chi connectivity index (χ4n) is 1.51. The summed E-state index contributed by atoms with van der Waals surface area (Å²) >= 11 is 0. The number of carboxylic acid groups (broad SMARTS) is 1. The lowest BCUT2D eigenvalue weighted by atomic mass is 9.74. The van der Waals surface area contributed by atoms with Gasteiger partial charge in [0.25, 0.3) is 5.91 Å². The molecule has 0 saturated heterocycles. The molecule has 5 nitrogen and oxygen atoms in total. The molecule has 1 aromatic carbocycles. The summed E-state index contributed by atoms with van der Waals surface area (Å²) in [5, 5.41) is 21.2. The highest BCUT2D eigenvalue weighted by Crippen LogP contribution is 2.31. The molecule has 0 saturated carbocycles. The third kappa shape index (κ3) is 2.74. The Morgan fingerprint density at radius 1 is 1.20 bits per heavy atom. The van der Waals surface area contributed by atoms with E-state index in [4.69, 9.17) is 0 Å². The molecule has 0 aliphatic carbocycles. The Morgan fingerprint density at radius 2 is 1.75 bits per heavy atom. The first kappa shape index (κ1) is 15.9. The van der Waals surface area contributed by atoms with Gasteiger partial charge in [-0.2, -0.15) is 0 Å². The zero-order valence-corrected chi connectivity index (χ0v) is 11.8. The third-order valence-electron chi connectivity index (χ3n) is 3.74. The van der Waals surface area contributed by atoms with Crippen LogP contribution in [0.4, 0.5) is 4.39 Å². The van der Waals surface area contributed by atoms with E-state index in [1.165, 1.54) is 39.8 Å². The van der Waals surface area contributed by atoms with Crippen LogP contribution < -0.4 is 5.32 Å². The van der Waals surface area contributed by atoms with Crippen molar-refractivity contribution in [1.29, 1.82) is 0 Å². The Kier molecular flexibility index (Phi) is 4.07. The number of halogens is 1. The molecule has 0 unspecified atom stereocenters. The van der Waals surface area contributed by atoms with Crippen LogP contribution in [0.3, 0.4) is 0 Å². The Morgan fingerprint density at radius 3 is 2.20 bits per heavy atom. The smallest absolute Gasteiger partial charge is 0.311 e. The summed E-state index contributed by atoms with van der Waals surface area (Å²) in [5.74, 6) is -3.32. The number of phenols is 1. The maximum Gasteiger partial charge on any atom is 0.311 e. The first-order chi connectivity index (χ1) is 9.00. The molecule has 20 heavy (non-hydrogen) atoms. The van der Waals surface area contributed by atoms with Gasteiger partial charge in [0.15, 0.2) is 0 Å². The van der Waals surface area contributed by atoms with Gasteiger partial charge in [0, 0.05) is 0 Å². The van der Waals surface area contributed by atoms with Crippen molar-refractivity contribution in [2.24, 2.45) is 5.41 Å². The Hall–Kier alpha value is -2.11. The monoisotopic (exact) mass is 283 g/mol. The first-order valence-electron chi connectivity index (χ1n) is 6.04. The van der Waals surface area contributed by atoms with E-state index >= 15 is 0 Å². The number of carbonyl (C=O) groups excluding carboxylic acids is 1. The first-order valence-corrected chi connectivity index (χ1v) is 6.04. The molecule has 1 rings (SSSR count). The Bertz CT molecular complexity index is 532. The molecule has 1 aromatic rings. The van der Waals surface area contributed by atoms with Crippen LogP contribution in [0.1, 0.15) is 38.1 Å². The van der Waals surface area contributed by atoms with Gasteiger partial charge in [-0.3, -0.25) is 9.59 Å². The maximum absolute atomic E-state index is 13.6. The number of nitrogens with one attached hydrogen (secondary N) is 1. The molecule has 0 fully saturated rings. The molecule has 0 atom stereocenters. The molecular weight excluding hydrogens is 265 g/mol.